The fourth-order valence-corrected chi connectivity index (χ4v) is 0.368. The zero-order valence-corrected chi connectivity index (χ0v) is 5.29. The molecule has 9 heavy (non-hydrogen) atoms. The highest BCUT2D eigenvalue weighted by atomic mass is 16.4. The maximum Gasteiger partial charge on any atom is 0.335 e. The molecule has 2 N–H and O–H groups in total. The van der Waals surface area contributed by atoms with E-state index in [0.29, 0.717) is 0 Å². The predicted octanol–water partition coefficient (Wildman–Crippen LogP) is 0.398. The maximum absolute atomic E-state index is 10.1. The van der Waals surface area contributed by atoms with Crippen LogP contribution >= 0.6 is 0 Å². The number of carboxylic acids is 1. The van der Waals surface area contributed by atoms with E-state index in [9.17, 15) is 4.79 Å². The quantitative estimate of drug-likeness (QED) is 0.543. The Labute approximate surface area is 53.6 Å². The fourth-order valence-electron chi connectivity index (χ4n) is 0.368. The van der Waals surface area contributed by atoms with Gasteiger partial charge in [-0.05, 0) is 6.92 Å². The minimum absolute atomic E-state index is 0.0718. The Bertz CT molecular complexity index is 126. The Morgan fingerprint density at radius 2 is 2.33 bits per heavy atom. The molecule has 0 aliphatic carbocycles. The van der Waals surface area contributed by atoms with E-state index in [-0.39, 0.29) is 6.42 Å². The van der Waals surface area contributed by atoms with Crippen molar-refractivity contribution in [3.8, 4) is 0 Å². The first-order valence-electron chi connectivity index (χ1n) is 2.57. The van der Waals surface area contributed by atoms with Gasteiger partial charge in [0, 0.05) is 6.42 Å². The van der Waals surface area contributed by atoms with E-state index in [2.05, 4.69) is 6.58 Å². The molecule has 1 unspecified atom stereocenters. The van der Waals surface area contributed by atoms with Gasteiger partial charge in [0.1, 0.15) is 0 Å². The van der Waals surface area contributed by atoms with Crippen molar-refractivity contribution < 1.29 is 15.0 Å². The summed E-state index contributed by atoms with van der Waals surface area (Å²) in [4.78, 5) is 10.1. The molecule has 0 fully saturated rings. The Balaban J connectivity index is 4.00. The second kappa shape index (κ2) is 2.64. The number of aliphatic carboxylic acids is 1. The normalized spacial score (nSPS) is 16.2. The Morgan fingerprint density at radius 3 is 2.44 bits per heavy atom. The van der Waals surface area contributed by atoms with Crippen LogP contribution < -0.4 is 0 Å². The smallest absolute Gasteiger partial charge is 0.335 e. The molecule has 0 aromatic rings. The summed E-state index contributed by atoms with van der Waals surface area (Å²) in [6.45, 7) is 4.54. The molecule has 0 rings (SSSR count). The van der Waals surface area contributed by atoms with Gasteiger partial charge < -0.3 is 10.2 Å². The number of hydrogen-bond donors (Lipinski definition) is 2. The standard InChI is InChI=1S/C6H10O3/c1-3-4-6(2,9)5(7)8/h3,9H,1,4H2,2H3,(H,7,8). The average molecular weight is 130 g/mol. The molecule has 0 spiro atoms. The minimum atomic E-state index is -1.65. The number of rotatable bonds is 3. The Kier molecular flexibility index (Phi) is 2.40. The average Bonchev–Trinajstić information content (AvgIpc) is 1.65. The lowest BCUT2D eigenvalue weighted by atomic mass is 10.0. The molecule has 0 aromatic carbocycles. The van der Waals surface area contributed by atoms with Crippen molar-refractivity contribution in [2.75, 3.05) is 0 Å². The highest BCUT2D eigenvalue weighted by Crippen LogP contribution is 2.08. The summed E-state index contributed by atoms with van der Waals surface area (Å²) in [5, 5.41) is 17.2. The van der Waals surface area contributed by atoms with Crippen molar-refractivity contribution >= 4 is 5.97 Å². The van der Waals surface area contributed by atoms with Gasteiger partial charge in [0.15, 0.2) is 5.60 Å². The molecule has 0 bridgehead atoms. The van der Waals surface area contributed by atoms with Crippen molar-refractivity contribution in [3.05, 3.63) is 12.7 Å². The highest BCUT2D eigenvalue weighted by molar-refractivity contribution is 5.76. The summed E-state index contributed by atoms with van der Waals surface area (Å²) in [5.41, 5.74) is -1.65. The molecule has 0 saturated heterocycles. The largest absolute Gasteiger partial charge is 0.479 e. The third-order valence-corrected chi connectivity index (χ3v) is 1.00. The summed E-state index contributed by atoms with van der Waals surface area (Å²) in [5.74, 6) is -1.22. The van der Waals surface area contributed by atoms with Crippen LogP contribution in [0, 0.1) is 0 Å². The molecule has 0 radical (unpaired) electrons. The summed E-state index contributed by atoms with van der Waals surface area (Å²) in [6, 6.07) is 0. The predicted molar refractivity (Wildman–Crippen MR) is 33.1 cm³/mol. The molecular weight excluding hydrogens is 120 g/mol. The number of hydrogen-bond acceptors (Lipinski definition) is 2. The van der Waals surface area contributed by atoms with Crippen LogP contribution in [0.4, 0.5) is 0 Å². The molecule has 0 aromatic heterocycles. The van der Waals surface area contributed by atoms with E-state index in [0.717, 1.165) is 0 Å². The zero-order valence-electron chi connectivity index (χ0n) is 5.29. The lowest BCUT2D eigenvalue weighted by Crippen LogP contribution is -2.33. The van der Waals surface area contributed by atoms with Crippen LogP contribution in [0.15, 0.2) is 12.7 Å². The van der Waals surface area contributed by atoms with Crippen molar-refractivity contribution in [2.24, 2.45) is 0 Å². The van der Waals surface area contributed by atoms with Gasteiger partial charge in [-0.25, -0.2) is 4.79 Å². The topological polar surface area (TPSA) is 57.5 Å². The van der Waals surface area contributed by atoms with Gasteiger partial charge in [-0.1, -0.05) is 6.08 Å². The molecule has 0 heterocycles. The van der Waals surface area contributed by atoms with Crippen molar-refractivity contribution in [3.63, 3.8) is 0 Å². The van der Waals surface area contributed by atoms with Crippen LogP contribution in [-0.4, -0.2) is 21.8 Å². The molecule has 3 heteroatoms. The second-order valence-corrected chi connectivity index (χ2v) is 2.07. The van der Waals surface area contributed by atoms with Crippen molar-refractivity contribution in [1.82, 2.24) is 0 Å². The van der Waals surface area contributed by atoms with Gasteiger partial charge in [0.25, 0.3) is 0 Å². The Hall–Kier alpha value is -0.830. The molecule has 3 nitrogen and oxygen atoms in total. The molecule has 0 aliphatic heterocycles. The monoisotopic (exact) mass is 130 g/mol. The molecule has 0 amide bonds. The van der Waals surface area contributed by atoms with Crippen LogP contribution in [0.5, 0.6) is 0 Å². The minimum Gasteiger partial charge on any atom is -0.479 e. The zero-order chi connectivity index (χ0) is 7.49. The second-order valence-electron chi connectivity index (χ2n) is 2.07. The van der Waals surface area contributed by atoms with Gasteiger partial charge >= 0.3 is 5.97 Å². The lowest BCUT2D eigenvalue weighted by Gasteiger charge is -2.13. The summed E-state index contributed by atoms with van der Waals surface area (Å²) < 4.78 is 0. The third kappa shape index (κ3) is 2.28. The first kappa shape index (κ1) is 8.17. The van der Waals surface area contributed by atoms with Crippen LogP contribution in [0.3, 0.4) is 0 Å². The van der Waals surface area contributed by atoms with Crippen LogP contribution in [0.2, 0.25) is 0 Å². The van der Waals surface area contributed by atoms with E-state index in [4.69, 9.17) is 10.2 Å². The maximum atomic E-state index is 10.1. The summed E-state index contributed by atoms with van der Waals surface area (Å²) in [6.07, 6.45) is 1.44. The lowest BCUT2D eigenvalue weighted by molar-refractivity contribution is -0.156. The van der Waals surface area contributed by atoms with E-state index < -0.39 is 11.6 Å². The molecule has 0 aliphatic rings. The first-order chi connectivity index (χ1) is 4.00. The number of carboxylic acid groups (broad SMARTS) is 1. The SMILES string of the molecule is C=CCC(C)(O)C(=O)O. The molecular formula is C6H10O3. The van der Waals surface area contributed by atoms with Crippen molar-refractivity contribution in [1.29, 1.82) is 0 Å². The number of aliphatic hydroxyl groups is 1. The highest BCUT2D eigenvalue weighted by Gasteiger charge is 2.27. The Morgan fingerprint density at radius 1 is 1.89 bits per heavy atom. The van der Waals surface area contributed by atoms with E-state index in [1.807, 2.05) is 0 Å². The molecule has 0 saturated carbocycles. The third-order valence-electron chi connectivity index (χ3n) is 1.00. The first-order valence-corrected chi connectivity index (χ1v) is 2.57. The van der Waals surface area contributed by atoms with Gasteiger partial charge in [0.2, 0.25) is 0 Å². The van der Waals surface area contributed by atoms with Gasteiger partial charge in [0.05, 0.1) is 0 Å². The van der Waals surface area contributed by atoms with Gasteiger partial charge in [-0.15, -0.1) is 6.58 Å². The van der Waals surface area contributed by atoms with Gasteiger partial charge in [-0.2, -0.15) is 0 Å². The van der Waals surface area contributed by atoms with Crippen LogP contribution in [0.25, 0.3) is 0 Å². The van der Waals surface area contributed by atoms with E-state index in [1.54, 1.807) is 0 Å². The summed E-state index contributed by atoms with van der Waals surface area (Å²) >= 11 is 0. The van der Waals surface area contributed by atoms with E-state index in [1.165, 1.54) is 13.0 Å². The fraction of sp³-hybridized carbons (Fsp3) is 0.500. The van der Waals surface area contributed by atoms with Crippen molar-refractivity contribution in [2.45, 2.75) is 18.9 Å². The van der Waals surface area contributed by atoms with Gasteiger partial charge in [-0.3, -0.25) is 0 Å². The summed E-state index contributed by atoms with van der Waals surface area (Å²) in [7, 11) is 0. The van der Waals surface area contributed by atoms with Crippen LogP contribution in [0.1, 0.15) is 13.3 Å². The number of carbonyl (C=O) groups is 1. The molecule has 52 valence electrons. The van der Waals surface area contributed by atoms with E-state index >= 15 is 0 Å². The molecule has 1 atom stereocenters. The van der Waals surface area contributed by atoms with Crippen LogP contribution in [-0.2, 0) is 4.79 Å².